The minimum Gasteiger partial charge on any atom is -0.228 e. The molecule has 2 nitrogen and oxygen atoms in total. The van der Waals surface area contributed by atoms with Gasteiger partial charge in [-0.05, 0) is 88.5 Å². The Kier molecular flexibility index (Phi) is 10.0. The molecule has 0 N–H and O–H groups in total. The largest absolute Gasteiger partial charge is 0.228 e. The molecule has 14 rings (SSSR count). The van der Waals surface area contributed by atoms with E-state index in [1.54, 1.807) is 0 Å². The summed E-state index contributed by atoms with van der Waals surface area (Å²) in [6.45, 7) is 0. The Bertz CT molecular complexity index is 3500. The Balaban J connectivity index is 1.13. The van der Waals surface area contributed by atoms with Crippen molar-refractivity contribution in [2.75, 3.05) is 0 Å². The number of hydrogen-bond donors (Lipinski definition) is 0. The van der Waals surface area contributed by atoms with E-state index in [-0.39, 0.29) is 11.8 Å². The van der Waals surface area contributed by atoms with Crippen LogP contribution in [-0.4, -0.2) is 18.0 Å². The maximum absolute atomic E-state index is 5.49. The number of rotatable bonds is 9. The highest BCUT2D eigenvalue weighted by Crippen LogP contribution is 2.57. The number of aromatic nitrogens is 2. The first-order valence-electron chi connectivity index (χ1n) is 24.0. The summed E-state index contributed by atoms with van der Waals surface area (Å²) in [6.07, 6.45) is 0. The van der Waals surface area contributed by atoms with Gasteiger partial charge in [0.1, 0.15) is 0 Å². The zero-order valence-corrected chi connectivity index (χ0v) is 39.0. The lowest BCUT2D eigenvalue weighted by Crippen LogP contribution is -2.75. The Morgan fingerprint density at radius 1 is 0.275 bits per heavy atom. The summed E-state index contributed by atoms with van der Waals surface area (Å²) in [4.78, 5) is 10.7. The standard InChI is InChI=1S/C66H46N2Si/c1-7-23-45(24-8-1)49-41-50(46-25-9-2-10-26-46)43-53(42-49)69(51-31-15-5-16-32-51,52-33-17-6-18-34-52)61-40-22-39-58-62-54-35-19-20-36-55(54)65(64(58)61)63-56(37-21-38-57(62)63)60-44-59(47-27-11-3-12-28-47)67-66(68-60)48-29-13-4-14-30-48/h1-44,62,65H. The van der Waals surface area contributed by atoms with Gasteiger partial charge in [0.15, 0.2) is 13.9 Å². The Hall–Kier alpha value is -8.50. The Morgan fingerprint density at radius 2 is 0.710 bits per heavy atom. The van der Waals surface area contributed by atoms with Crippen LogP contribution in [0.25, 0.3) is 56.2 Å². The van der Waals surface area contributed by atoms with Crippen LogP contribution >= 0.6 is 0 Å². The molecular weight excluding hydrogens is 849 g/mol. The van der Waals surface area contributed by atoms with Crippen molar-refractivity contribution < 1.29 is 0 Å². The normalized spacial score (nSPS) is 14.4. The number of nitrogens with zero attached hydrogens (tertiary/aromatic N) is 2. The highest BCUT2D eigenvalue weighted by molar-refractivity contribution is 7.20. The van der Waals surface area contributed by atoms with E-state index in [4.69, 9.17) is 9.97 Å². The Labute approximate surface area is 405 Å². The van der Waals surface area contributed by atoms with Crippen molar-refractivity contribution in [2.24, 2.45) is 0 Å². The van der Waals surface area contributed by atoms with E-state index in [9.17, 15) is 0 Å². The lowest BCUT2D eigenvalue weighted by Gasteiger charge is -2.47. The first kappa shape index (κ1) is 40.7. The fourth-order valence-electron chi connectivity index (χ4n) is 11.7. The first-order chi connectivity index (χ1) is 34.2. The molecule has 2 atom stereocenters. The molecule has 3 aliphatic rings. The number of hydrogen-bond acceptors (Lipinski definition) is 2. The molecule has 0 spiro atoms. The second-order valence-electron chi connectivity index (χ2n) is 18.3. The second-order valence-corrected chi connectivity index (χ2v) is 22.1. The number of benzene rings is 10. The van der Waals surface area contributed by atoms with Crippen LogP contribution in [0.3, 0.4) is 0 Å². The van der Waals surface area contributed by atoms with Crippen LogP contribution in [0.4, 0.5) is 0 Å². The minimum absolute atomic E-state index is 0.0360. The minimum atomic E-state index is -3.22. The maximum Gasteiger partial charge on any atom is 0.179 e. The average Bonchev–Trinajstić information content (AvgIpc) is 3.44. The van der Waals surface area contributed by atoms with Crippen molar-refractivity contribution in [3.63, 3.8) is 0 Å². The van der Waals surface area contributed by atoms with Crippen molar-refractivity contribution in [1.29, 1.82) is 0 Å². The summed E-state index contributed by atoms with van der Waals surface area (Å²) in [5, 5.41) is 5.48. The average molecular weight is 895 g/mol. The van der Waals surface area contributed by atoms with Crippen LogP contribution in [0.2, 0.25) is 0 Å². The van der Waals surface area contributed by atoms with Crippen molar-refractivity contribution >= 4 is 28.8 Å². The highest BCUT2D eigenvalue weighted by Gasteiger charge is 2.50. The van der Waals surface area contributed by atoms with Crippen molar-refractivity contribution in [2.45, 2.75) is 11.8 Å². The first-order valence-corrected chi connectivity index (χ1v) is 26.0. The smallest absolute Gasteiger partial charge is 0.179 e. The SMILES string of the molecule is c1ccc(-c2cc(-c3ccccc3)cc([Si](c3ccccc3)(c3ccccc3)c3cccc4c3C3c5ccccc5C4c4cccc(-c5cc(-c6ccccc6)nc(-c6ccccc6)n5)c43)c2)cc1. The summed E-state index contributed by atoms with van der Waals surface area (Å²) in [5.74, 6) is 0.692. The van der Waals surface area contributed by atoms with E-state index in [0.29, 0.717) is 0 Å². The zero-order chi connectivity index (χ0) is 45.7. The van der Waals surface area contributed by atoms with Crippen LogP contribution < -0.4 is 20.7 Å². The van der Waals surface area contributed by atoms with Crippen LogP contribution in [0.1, 0.15) is 45.2 Å². The summed E-state index contributed by atoms with van der Waals surface area (Å²) < 4.78 is 0. The van der Waals surface area contributed by atoms with Crippen molar-refractivity contribution in [3.05, 3.63) is 300 Å². The van der Waals surface area contributed by atoms with Crippen LogP contribution in [-0.2, 0) is 0 Å². The van der Waals surface area contributed by atoms with Gasteiger partial charge in [-0.2, -0.15) is 0 Å². The van der Waals surface area contributed by atoms with E-state index in [1.165, 1.54) is 76.4 Å². The van der Waals surface area contributed by atoms with Gasteiger partial charge in [0.2, 0.25) is 0 Å². The van der Waals surface area contributed by atoms with E-state index >= 15 is 0 Å². The van der Waals surface area contributed by atoms with E-state index in [1.807, 2.05) is 0 Å². The van der Waals surface area contributed by atoms with E-state index in [2.05, 4.69) is 267 Å². The lowest BCUT2D eigenvalue weighted by molar-refractivity contribution is 0.759. The predicted octanol–water partition coefficient (Wildman–Crippen LogP) is 13.2. The van der Waals surface area contributed by atoms with Gasteiger partial charge in [-0.25, -0.2) is 9.97 Å². The van der Waals surface area contributed by atoms with Gasteiger partial charge in [0, 0.05) is 28.5 Å². The molecule has 10 aromatic carbocycles. The molecule has 0 saturated heterocycles. The monoisotopic (exact) mass is 894 g/mol. The van der Waals surface area contributed by atoms with Gasteiger partial charge in [0.05, 0.1) is 11.4 Å². The maximum atomic E-state index is 5.49. The molecule has 1 aromatic heterocycles. The van der Waals surface area contributed by atoms with Gasteiger partial charge < -0.3 is 0 Å². The summed E-state index contributed by atoms with van der Waals surface area (Å²) in [7, 11) is -3.22. The molecule has 0 radical (unpaired) electrons. The van der Waals surface area contributed by atoms with Gasteiger partial charge in [-0.1, -0.05) is 255 Å². The van der Waals surface area contributed by atoms with Crippen LogP contribution in [0, 0.1) is 0 Å². The van der Waals surface area contributed by atoms with E-state index < -0.39 is 8.07 Å². The molecule has 0 fully saturated rings. The molecule has 0 amide bonds. The summed E-state index contributed by atoms with van der Waals surface area (Å²) in [6, 6.07) is 98.9. The highest BCUT2D eigenvalue weighted by atomic mass is 28.3. The molecular formula is C66H46N2Si. The molecule has 0 saturated carbocycles. The van der Waals surface area contributed by atoms with Crippen LogP contribution in [0.5, 0.6) is 0 Å². The summed E-state index contributed by atoms with van der Waals surface area (Å²) in [5.41, 5.74) is 18.2. The molecule has 11 aromatic rings. The Morgan fingerprint density at radius 3 is 1.28 bits per heavy atom. The van der Waals surface area contributed by atoms with Gasteiger partial charge in [-0.3, -0.25) is 0 Å². The third-order valence-electron chi connectivity index (χ3n) is 14.6. The molecule has 0 aliphatic heterocycles. The molecule has 69 heavy (non-hydrogen) atoms. The third-order valence-corrected chi connectivity index (χ3v) is 19.4. The lowest BCUT2D eigenvalue weighted by atomic mass is 9.60. The van der Waals surface area contributed by atoms with Gasteiger partial charge in [0.25, 0.3) is 0 Å². The van der Waals surface area contributed by atoms with Crippen LogP contribution in [0.15, 0.2) is 267 Å². The molecule has 2 unspecified atom stereocenters. The molecule has 3 heteroatoms. The molecule has 3 aliphatic carbocycles. The quantitative estimate of drug-likeness (QED) is 0.107. The molecule has 2 bridgehead atoms. The third kappa shape index (κ3) is 6.77. The van der Waals surface area contributed by atoms with E-state index in [0.717, 1.165) is 33.9 Å². The summed E-state index contributed by atoms with van der Waals surface area (Å²) >= 11 is 0. The topological polar surface area (TPSA) is 25.8 Å². The predicted molar refractivity (Wildman–Crippen MR) is 288 cm³/mol. The second kappa shape index (κ2) is 17.0. The molecule has 324 valence electrons. The van der Waals surface area contributed by atoms with Crippen molar-refractivity contribution in [1.82, 2.24) is 9.97 Å². The fraction of sp³-hybridized carbons (Fsp3) is 0.0303. The van der Waals surface area contributed by atoms with Gasteiger partial charge >= 0.3 is 0 Å². The molecule has 1 heterocycles. The zero-order valence-electron chi connectivity index (χ0n) is 38.0. The van der Waals surface area contributed by atoms with Crippen molar-refractivity contribution in [3.8, 4) is 56.2 Å². The fourth-order valence-corrected chi connectivity index (χ4v) is 16.8. The van der Waals surface area contributed by atoms with Gasteiger partial charge in [-0.15, -0.1) is 0 Å².